The van der Waals surface area contributed by atoms with Crippen molar-refractivity contribution in [2.75, 3.05) is 12.3 Å². The molecule has 27 heavy (non-hydrogen) atoms. The Kier molecular flexibility index (Phi) is 5.10. The summed E-state index contributed by atoms with van der Waals surface area (Å²) in [6.07, 6.45) is 4.82. The van der Waals surface area contributed by atoms with Crippen molar-refractivity contribution in [1.82, 2.24) is 9.97 Å². The summed E-state index contributed by atoms with van der Waals surface area (Å²) in [6.45, 7) is 4.39. The van der Waals surface area contributed by atoms with Gasteiger partial charge in [0.05, 0.1) is 24.0 Å². The van der Waals surface area contributed by atoms with Gasteiger partial charge in [0.25, 0.3) is 0 Å². The number of fused-ring (bicyclic) bond motifs is 3. The predicted molar refractivity (Wildman–Crippen MR) is 107 cm³/mol. The number of rotatable bonds is 5. The minimum atomic E-state index is -0.377. The highest BCUT2D eigenvalue weighted by atomic mass is 32.2. The van der Waals surface area contributed by atoms with Crippen molar-refractivity contribution in [2.24, 2.45) is 5.92 Å². The number of carbonyl (C=O) groups excluding carboxylic acids is 1. The number of hydrogen-bond acceptors (Lipinski definition) is 8. The minimum absolute atomic E-state index is 0.328. The van der Waals surface area contributed by atoms with Crippen LogP contribution >= 0.6 is 23.1 Å². The molecule has 0 saturated carbocycles. The van der Waals surface area contributed by atoms with Gasteiger partial charge in [0, 0.05) is 4.88 Å². The van der Waals surface area contributed by atoms with Crippen molar-refractivity contribution in [1.29, 1.82) is 0 Å². The minimum Gasteiger partial charge on any atom is -0.468 e. The van der Waals surface area contributed by atoms with E-state index in [0.717, 1.165) is 23.1 Å². The number of nitrogen functional groups attached to an aromatic ring is 1. The molecule has 1 aliphatic rings. The van der Waals surface area contributed by atoms with E-state index >= 15 is 0 Å². The average Bonchev–Trinajstić information content (AvgIpc) is 3.23. The van der Waals surface area contributed by atoms with Gasteiger partial charge in [0.2, 0.25) is 0 Å². The van der Waals surface area contributed by atoms with Crippen LogP contribution in [0.2, 0.25) is 0 Å². The third-order valence-corrected chi connectivity index (χ3v) is 6.73. The molecule has 0 bridgehead atoms. The maximum atomic E-state index is 12.0. The summed E-state index contributed by atoms with van der Waals surface area (Å²) in [4.78, 5) is 23.5. The van der Waals surface area contributed by atoms with Crippen LogP contribution in [0.5, 0.6) is 0 Å². The molecule has 2 N–H and O–H groups in total. The van der Waals surface area contributed by atoms with Crippen LogP contribution < -0.4 is 5.73 Å². The van der Waals surface area contributed by atoms with E-state index in [9.17, 15) is 4.79 Å². The Bertz CT molecular complexity index is 996. The fraction of sp³-hybridized carbons (Fsp3) is 0.421. The highest BCUT2D eigenvalue weighted by Crippen LogP contribution is 2.40. The number of thioether (sulfide) groups is 1. The lowest BCUT2D eigenvalue weighted by Gasteiger charge is -2.17. The summed E-state index contributed by atoms with van der Waals surface area (Å²) in [7, 11) is 0. The number of anilines is 1. The molecule has 0 radical (unpaired) electrons. The van der Waals surface area contributed by atoms with E-state index in [2.05, 4.69) is 11.9 Å². The standard InChI is InChI=1S/C19H21N3O3S2/c1-3-24-18(23)11-6-7-25-13(11)9-26-19-21-16(20)15-12-5-4-10(2)8-14(12)27-17(15)22-19/h6-7,10H,3-5,8-9H2,1-2H3,(H2,20,21,22). The van der Waals surface area contributed by atoms with E-state index < -0.39 is 0 Å². The Morgan fingerprint density at radius 1 is 1.48 bits per heavy atom. The number of aryl methyl sites for hydroxylation is 1. The van der Waals surface area contributed by atoms with Crippen LogP contribution in [0.1, 0.15) is 46.8 Å². The summed E-state index contributed by atoms with van der Waals surface area (Å²) in [6, 6.07) is 1.63. The third-order valence-electron chi connectivity index (χ3n) is 4.74. The van der Waals surface area contributed by atoms with Crippen molar-refractivity contribution in [2.45, 2.75) is 44.0 Å². The van der Waals surface area contributed by atoms with Crippen LogP contribution in [0.4, 0.5) is 5.82 Å². The molecule has 0 aliphatic heterocycles. The highest BCUT2D eigenvalue weighted by molar-refractivity contribution is 7.98. The number of thiophene rings is 1. The van der Waals surface area contributed by atoms with E-state index in [1.165, 1.54) is 34.9 Å². The van der Waals surface area contributed by atoms with Gasteiger partial charge < -0.3 is 14.9 Å². The number of nitrogens with two attached hydrogens (primary N) is 1. The molecule has 1 unspecified atom stereocenters. The van der Waals surface area contributed by atoms with E-state index in [4.69, 9.17) is 19.9 Å². The first kappa shape index (κ1) is 18.3. The maximum absolute atomic E-state index is 12.0. The number of aromatic nitrogens is 2. The van der Waals surface area contributed by atoms with Crippen LogP contribution in [0.3, 0.4) is 0 Å². The topological polar surface area (TPSA) is 91.2 Å². The Labute approximate surface area is 165 Å². The molecule has 0 spiro atoms. The largest absolute Gasteiger partial charge is 0.468 e. The number of nitrogens with zero attached hydrogens (tertiary/aromatic N) is 2. The van der Waals surface area contributed by atoms with E-state index in [1.54, 1.807) is 24.3 Å². The zero-order valence-electron chi connectivity index (χ0n) is 15.3. The molecule has 1 aliphatic carbocycles. The van der Waals surface area contributed by atoms with Crippen molar-refractivity contribution in [3.05, 3.63) is 34.1 Å². The molecule has 6 nitrogen and oxygen atoms in total. The molecule has 8 heteroatoms. The fourth-order valence-corrected chi connectivity index (χ4v) is 5.64. The Balaban J connectivity index is 1.57. The van der Waals surface area contributed by atoms with Gasteiger partial charge in [-0.1, -0.05) is 18.7 Å². The quantitative estimate of drug-likeness (QED) is 0.382. The number of ether oxygens (including phenoxy) is 1. The fourth-order valence-electron chi connectivity index (χ4n) is 3.39. The van der Waals surface area contributed by atoms with Crippen LogP contribution in [0.15, 0.2) is 21.9 Å². The molecule has 0 saturated heterocycles. The lowest BCUT2D eigenvalue weighted by molar-refractivity contribution is 0.0524. The van der Waals surface area contributed by atoms with Gasteiger partial charge in [-0.3, -0.25) is 0 Å². The van der Waals surface area contributed by atoms with Gasteiger partial charge in [-0.15, -0.1) is 11.3 Å². The molecule has 1 atom stereocenters. The average molecular weight is 404 g/mol. The van der Waals surface area contributed by atoms with E-state index in [-0.39, 0.29) is 5.97 Å². The molecule has 3 heterocycles. The molecular formula is C19H21N3O3S2. The van der Waals surface area contributed by atoms with Gasteiger partial charge in [-0.2, -0.15) is 0 Å². The van der Waals surface area contributed by atoms with E-state index in [1.807, 2.05) is 0 Å². The van der Waals surface area contributed by atoms with Gasteiger partial charge >= 0.3 is 5.97 Å². The first-order valence-electron chi connectivity index (χ1n) is 9.00. The smallest absolute Gasteiger partial charge is 0.341 e. The van der Waals surface area contributed by atoms with Gasteiger partial charge in [-0.25, -0.2) is 14.8 Å². The van der Waals surface area contributed by atoms with Crippen molar-refractivity contribution in [3.8, 4) is 0 Å². The third kappa shape index (κ3) is 3.55. The molecule has 0 fully saturated rings. The molecule has 4 rings (SSSR count). The normalized spacial score (nSPS) is 16.4. The molecule has 142 valence electrons. The number of hydrogen-bond donors (Lipinski definition) is 1. The SMILES string of the molecule is CCOC(=O)c1ccoc1CSc1nc(N)c2c3c(sc2n1)CC(C)CC3. The van der Waals surface area contributed by atoms with Crippen LogP contribution in [0, 0.1) is 5.92 Å². The number of carbonyl (C=O) groups is 1. The van der Waals surface area contributed by atoms with Crippen LogP contribution in [0.25, 0.3) is 10.2 Å². The van der Waals surface area contributed by atoms with Crippen molar-refractivity contribution in [3.63, 3.8) is 0 Å². The van der Waals surface area contributed by atoms with Crippen LogP contribution in [-0.2, 0) is 23.3 Å². The summed E-state index contributed by atoms with van der Waals surface area (Å²) >= 11 is 3.13. The first-order valence-corrected chi connectivity index (χ1v) is 10.8. The Morgan fingerprint density at radius 2 is 2.33 bits per heavy atom. The zero-order chi connectivity index (χ0) is 19.0. The van der Waals surface area contributed by atoms with Gasteiger partial charge in [-0.05, 0) is 43.7 Å². The second-order valence-corrected chi connectivity index (χ2v) is 8.72. The molecular weight excluding hydrogens is 382 g/mol. The lowest BCUT2D eigenvalue weighted by atomic mass is 9.89. The van der Waals surface area contributed by atoms with Crippen LogP contribution in [-0.4, -0.2) is 22.5 Å². The second kappa shape index (κ2) is 7.52. The molecule has 3 aromatic heterocycles. The molecule has 0 amide bonds. The van der Waals surface area contributed by atoms with Gasteiger partial charge in [0.1, 0.15) is 22.0 Å². The maximum Gasteiger partial charge on any atom is 0.341 e. The van der Waals surface area contributed by atoms with Crippen molar-refractivity contribution < 1.29 is 13.9 Å². The lowest BCUT2D eigenvalue weighted by Crippen LogP contribution is -2.09. The molecule has 3 aromatic rings. The Hall–Kier alpha value is -2.06. The second-order valence-electron chi connectivity index (χ2n) is 6.69. The first-order chi connectivity index (χ1) is 13.1. The summed E-state index contributed by atoms with van der Waals surface area (Å²) < 4.78 is 10.5. The predicted octanol–water partition coefficient (Wildman–Crippen LogP) is 4.46. The monoisotopic (exact) mass is 403 g/mol. The van der Waals surface area contributed by atoms with Gasteiger partial charge in [0.15, 0.2) is 5.16 Å². The zero-order valence-corrected chi connectivity index (χ0v) is 16.9. The Morgan fingerprint density at radius 3 is 3.15 bits per heavy atom. The number of furan rings is 1. The summed E-state index contributed by atoms with van der Waals surface area (Å²) in [5.41, 5.74) is 8.05. The summed E-state index contributed by atoms with van der Waals surface area (Å²) in [5, 5.41) is 1.62. The highest BCUT2D eigenvalue weighted by Gasteiger charge is 2.23. The van der Waals surface area contributed by atoms with E-state index in [0.29, 0.717) is 40.6 Å². The number of esters is 1. The van der Waals surface area contributed by atoms with Crippen molar-refractivity contribution >= 4 is 45.1 Å². The summed E-state index contributed by atoms with van der Waals surface area (Å²) in [5.74, 6) is 1.86. The molecule has 0 aromatic carbocycles.